The summed E-state index contributed by atoms with van der Waals surface area (Å²) in [6, 6.07) is 0.290. The second-order valence-corrected chi connectivity index (χ2v) is 5.68. The zero-order chi connectivity index (χ0) is 14.7. The number of rotatable bonds is 3. The molecule has 0 amide bonds. The van der Waals surface area contributed by atoms with Crippen molar-refractivity contribution in [2.24, 2.45) is 16.6 Å². The molecule has 1 aliphatic carbocycles. The third-order valence-electron chi connectivity index (χ3n) is 4.14. The summed E-state index contributed by atoms with van der Waals surface area (Å²) in [4.78, 5) is 4.64. The predicted octanol–water partition coefficient (Wildman–Crippen LogP) is 2.19. The molecule has 1 aliphatic heterocycles. The van der Waals surface area contributed by atoms with Gasteiger partial charge in [0.25, 0.3) is 0 Å². The van der Waals surface area contributed by atoms with Crippen LogP contribution in [0.1, 0.15) is 27.2 Å². The number of allylic oxidation sites excluding steroid dienone is 3. The minimum absolute atomic E-state index is 0.00126. The van der Waals surface area contributed by atoms with Gasteiger partial charge in [0.2, 0.25) is 0 Å². The minimum atomic E-state index is -0.104. The molecule has 1 heterocycles. The fraction of sp³-hybridized carbons (Fsp3) is 0.500. The number of hydrogen-bond acceptors (Lipinski definition) is 4. The molecule has 3 unspecified atom stereocenters. The van der Waals surface area contributed by atoms with Crippen LogP contribution in [0, 0.1) is 11.3 Å². The average Bonchev–Trinajstić information content (AvgIpc) is 2.43. The minimum Gasteiger partial charge on any atom is -0.377 e. The summed E-state index contributed by atoms with van der Waals surface area (Å²) in [5.41, 5.74) is 9.77. The van der Waals surface area contributed by atoms with Gasteiger partial charge in [0, 0.05) is 30.4 Å². The Hall–Kier alpha value is -1.68. The van der Waals surface area contributed by atoms with E-state index < -0.39 is 0 Å². The molecule has 0 saturated carbocycles. The Morgan fingerprint density at radius 3 is 2.90 bits per heavy atom. The van der Waals surface area contributed by atoms with E-state index in [2.05, 4.69) is 43.2 Å². The van der Waals surface area contributed by atoms with E-state index in [4.69, 9.17) is 11.1 Å². The van der Waals surface area contributed by atoms with Gasteiger partial charge >= 0.3 is 0 Å². The maximum atomic E-state index is 7.39. The first-order valence-corrected chi connectivity index (χ1v) is 7.14. The quantitative estimate of drug-likeness (QED) is 0.544. The monoisotopic (exact) mass is 272 g/mol. The molecule has 4 nitrogen and oxygen atoms in total. The van der Waals surface area contributed by atoms with E-state index in [1.165, 1.54) is 17.4 Å². The summed E-state index contributed by atoms with van der Waals surface area (Å²) in [5.74, 6) is 0.00126. The lowest BCUT2D eigenvalue weighted by molar-refractivity contribution is 0.476. The molecule has 0 bridgehead atoms. The van der Waals surface area contributed by atoms with Crippen LogP contribution in [0.4, 0.5) is 0 Å². The van der Waals surface area contributed by atoms with Gasteiger partial charge in [0.1, 0.15) is 0 Å². The molecule has 0 saturated heterocycles. The van der Waals surface area contributed by atoms with Crippen molar-refractivity contribution in [1.29, 1.82) is 5.41 Å². The van der Waals surface area contributed by atoms with Gasteiger partial charge in [-0.3, -0.25) is 4.99 Å². The lowest BCUT2D eigenvalue weighted by Crippen LogP contribution is -2.42. The summed E-state index contributed by atoms with van der Waals surface area (Å²) >= 11 is 0. The molecule has 4 heteroatoms. The Morgan fingerprint density at radius 2 is 2.20 bits per heavy atom. The van der Waals surface area contributed by atoms with Gasteiger partial charge in [0.15, 0.2) is 0 Å². The molecule has 0 fully saturated rings. The Kier molecular flexibility index (Phi) is 4.55. The molecular formula is C16H24N4. The Morgan fingerprint density at radius 1 is 1.45 bits per heavy atom. The highest BCUT2D eigenvalue weighted by Crippen LogP contribution is 2.19. The molecule has 0 aromatic heterocycles. The van der Waals surface area contributed by atoms with Crippen LogP contribution in [0.15, 0.2) is 40.1 Å². The molecule has 2 rings (SSSR count). The molecule has 0 spiro atoms. The van der Waals surface area contributed by atoms with Crippen molar-refractivity contribution >= 4 is 12.4 Å². The van der Waals surface area contributed by atoms with E-state index in [9.17, 15) is 0 Å². The molecule has 0 radical (unpaired) electrons. The maximum absolute atomic E-state index is 7.39. The second-order valence-electron chi connectivity index (χ2n) is 5.68. The molecule has 108 valence electrons. The van der Waals surface area contributed by atoms with Gasteiger partial charge < -0.3 is 16.5 Å². The third-order valence-corrected chi connectivity index (χ3v) is 4.14. The van der Waals surface area contributed by atoms with Gasteiger partial charge in [-0.1, -0.05) is 23.8 Å². The molecule has 0 aromatic rings. The highest BCUT2D eigenvalue weighted by atomic mass is 15.0. The topological polar surface area (TPSA) is 74.3 Å². The van der Waals surface area contributed by atoms with Crippen molar-refractivity contribution in [3.05, 3.63) is 35.1 Å². The van der Waals surface area contributed by atoms with Gasteiger partial charge in [-0.25, -0.2) is 0 Å². The van der Waals surface area contributed by atoms with E-state index in [0.717, 1.165) is 12.1 Å². The Bertz CT molecular complexity index is 499. The zero-order valence-corrected chi connectivity index (χ0v) is 12.4. The Labute approximate surface area is 121 Å². The number of nitrogens with two attached hydrogens (primary N) is 1. The second kappa shape index (κ2) is 6.18. The first-order chi connectivity index (χ1) is 9.52. The van der Waals surface area contributed by atoms with Crippen LogP contribution >= 0.6 is 0 Å². The average molecular weight is 272 g/mol. The van der Waals surface area contributed by atoms with Crippen molar-refractivity contribution in [2.45, 2.75) is 45.3 Å². The number of dihydropyridines is 1. The summed E-state index contributed by atoms with van der Waals surface area (Å²) in [6.07, 6.45) is 10.4. The SMILES string of the molecule is CC1=CC(C)=C(/C=N/C2CC=CC(C=N)C2N)N[C@@H]1C. The number of nitrogens with zero attached hydrogens (tertiary/aromatic N) is 1. The zero-order valence-electron chi connectivity index (χ0n) is 12.4. The molecule has 20 heavy (non-hydrogen) atoms. The maximum Gasteiger partial charge on any atom is 0.0695 e. The van der Waals surface area contributed by atoms with Crippen molar-refractivity contribution in [3.8, 4) is 0 Å². The van der Waals surface area contributed by atoms with Crippen LogP contribution in [-0.2, 0) is 0 Å². The van der Waals surface area contributed by atoms with Crippen LogP contribution in [0.3, 0.4) is 0 Å². The van der Waals surface area contributed by atoms with Crippen LogP contribution in [0.25, 0.3) is 0 Å². The van der Waals surface area contributed by atoms with Gasteiger partial charge in [-0.05, 0) is 32.8 Å². The highest BCUT2D eigenvalue weighted by Gasteiger charge is 2.25. The summed E-state index contributed by atoms with van der Waals surface area (Å²) in [5, 5.41) is 10.8. The smallest absolute Gasteiger partial charge is 0.0695 e. The van der Waals surface area contributed by atoms with Gasteiger partial charge in [0.05, 0.1) is 11.7 Å². The standard InChI is InChI=1S/C16H24N4/c1-10-7-11(2)15(20-12(10)3)9-19-14-6-4-5-13(8-17)16(14)18/h4-5,7-9,12-14,16-17,20H,6,18H2,1-3H3/b17-8?,19-9+/t12-,13?,14?,16?/m1/s1. The van der Waals surface area contributed by atoms with Crippen molar-refractivity contribution < 1.29 is 0 Å². The van der Waals surface area contributed by atoms with Gasteiger partial charge in [-0.15, -0.1) is 0 Å². The normalized spacial score (nSPS) is 34.1. The van der Waals surface area contributed by atoms with Crippen LogP contribution in [-0.4, -0.2) is 30.6 Å². The first kappa shape index (κ1) is 14.7. The van der Waals surface area contributed by atoms with Crippen LogP contribution < -0.4 is 11.1 Å². The summed E-state index contributed by atoms with van der Waals surface area (Å²) in [6.45, 7) is 6.36. The molecular weight excluding hydrogens is 248 g/mol. The van der Waals surface area contributed by atoms with E-state index in [-0.39, 0.29) is 18.0 Å². The van der Waals surface area contributed by atoms with Crippen LogP contribution in [0.5, 0.6) is 0 Å². The first-order valence-electron chi connectivity index (χ1n) is 7.14. The van der Waals surface area contributed by atoms with Crippen molar-refractivity contribution in [2.75, 3.05) is 0 Å². The van der Waals surface area contributed by atoms with Crippen LogP contribution in [0.2, 0.25) is 0 Å². The fourth-order valence-corrected chi connectivity index (χ4v) is 2.56. The molecule has 0 aromatic carbocycles. The number of aliphatic imine (C=N–C) groups is 1. The number of nitrogens with one attached hydrogen (secondary N) is 2. The van der Waals surface area contributed by atoms with E-state index in [0.29, 0.717) is 6.04 Å². The predicted molar refractivity (Wildman–Crippen MR) is 85.3 cm³/mol. The summed E-state index contributed by atoms with van der Waals surface area (Å²) in [7, 11) is 0. The van der Waals surface area contributed by atoms with Crippen molar-refractivity contribution in [1.82, 2.24) is 5.32 Å². The highest BCUT2D eigenvalue weighted by molar-refractivity contribution is 5.80. The van der Waals surface area contributed by atoms with E-state index >= 15 is 0 Å². The van der Waals surface area contributed by atoms with Crippen molar-refractivity contribution in [3.63, 3.8) is 0 Å². The molecule has 2 aliphatic rings. The Balaban J connectivity index is 2.12. The lowest BCUT2D eigenvalue weighted by atomic mass is 9.88. The lowest BCUT2D eigenvalue weighted by Gasteiger charge is -2.28. The molecule has 4 atom stereocenters. The molecule has 4 N–H and O–H groups in total. The van der Waals surface area contributed by atoms with Gasteiger partial charge in [-0.2, -0.15) is 0 Å². The largest absolute Gasteiger partial charge is 0.377 e. The summed E-state index contributed by atoms with van der Waals surface area (Å²) < 4.78 is 0. The fourth-order valence-electron chi connectivity index (χ4n) is 2.56. The number of hydrogen-bond donors (Lipinski definition) is 3. The third kappa shape index (κ3) is 3.07. The van der Waals surface area contributed by atoms with E-state index in [1.807, 2.05) is 12.3 Å². The van der Waals surface area contributed by atoms with E-state index in [1.54, 1.807) is 0 Å².